The van der Waals surface area contributed by atoms with Crippen LogP contribution in [0, 0.1) is 20.8 Å². The van der Waals surface area contributed by atoms with E-state index in [0.717, 1.165) is 53.0 Å². The van der Waals surface area contributed by atoms with Crippen LogP contribution in [-0.2, 0) is 6.54 Å². The van der Waals surface area contributed by atoms with E-state index in [9.17, 15) is 9.59 Å². The van der Waals surface area contributed by atoms with Crippen molar-refractivity contribution in [2.75, 3.05) is 25.5 Å². The third kappa shape index (κ3) is 5.99. The molecular formula is C31H41N5O2. The first-order valence-electron chi connectivity index (χ1n) is 13.6. The van der Waals surface area contributed by atoms with Crippen molar-refractivity contribution in [1.82, 2.24) is 20.2 Å². The molecule has 4 rings (SSSR count). The van der Waals surface area contributed by atoms with Crippen molar-refractivity contribution in [2.45, 2.75) is 72.0 Å². The number of hydrogen-bond donors (Lipinski definition) is 2. The minimum Gasteiger partial charge on any atom is -0.369 e. The smallest absolute Gasteiger partial charge is 0.253 e. The van der Waals surface area contributed by atoms with E-state index in [-0.39, 0.29) is 18.0 Å². The second-order valence-electron chi connectivity index (χ2n) is 10.7. The molecule has 0 aliphatic heterocycles. The number of nitrogens with zero attached hydrogens (tertiary/aromatic N) is 3. The Labute approximate surface area is 226 Å². The molecule has 7 nitrogen and oxygen atoms in total. The number of nitrogens with one attached hydrogen (secondary N) is 2. The second-order valence-corrected chi connectivity index (χ2v) is 10.7. The fraction of sp³-hybridized carbons (Fsp3) is 0.452. The molecule has 1 fully saturated rings. The zero-order chi connectivity index (χ0) is 27.4. The van der Waals surface area contributed by atoms with E-state index >= 15 is 0 Å². The summed E-state index contributed by atoms with van der Waals surface area (Å²) in [6.07, 6.45) is 8.20. The zero-order valence-electron chi connectivity index (χ0n) is 23.6. The molecule has 0 atom stereocenters. The standard InChI is InChI=1S/C31H41N5O2/c1-7-36(26-12-10-25(11-13-26)35(5)6)29-17-24(23-9-8-14-32-18-23)16-27(22(29)4)30(37)33-19-28-20(2)15-21(3)34-31(28)38/h8-9,14-18,25-26H,7,10-13,19H2,1-6H3,(H,33,37)(H,34,38)/t25-,26-. The van der Waals surface area contributed by atoms with Gasteiger partial charge in [-0.3, -0.25) is 14.6 Å². The number of pyridine rings is 2. The number of H-pyrrole nitrogens is 1. The predicted octanol–water partition coefficient (Wildman–Crippen LogP) is 4.99. The Kier molecular flexibility index (Phi) is 8.67. The molecule has 3 aromatic rings. The SMILES string of the molecule is CCN(c1cc(-c2cccnc2)cc(C(=O)NCc2c(C)cc(C)[nH]c2=O)c1C)[C@H]1CC[C@H](N(C)C)CC1. The largest absolute Gasteiger partial charge is 0.369 e. The lowest BCUT2D eigenvalue weighted by Gasteiger charge is -2.40. The van der Waals surface area contributed by atoms with Gasteiger partial charge in [0, 0.05) is 65.6 Å². The van der Waals surface area contributed by atoms with E-state index in [1.807, 2.05) is 51.2 Å². The van der Waals surface area contributed by atoms with Crippen molar-refractivity contribution in [1.29, 1.82) is 0 Å². The average Bonchev–Trinajstić information content (AvgIpc) is 2.90. The Morgan fingerprint density at radius 3 is 2.37 bits per heavy atom. The summed E-state index contributed by atoms with van der Waals surface area (Å²) in [5.74, 6) is -0.179. The van der Waals surface area contributed by atoms with Gasteiger partial charge in [-0.2, -0.15) is 0 Å². The van der Waals surface area contributed by atoms with Gasteiger partial charge >= 0.3 is 0 Å². The number of carbonyl (C=O) groups excluding carboxylic acids is 1. The van der Waals surface area contributed by atoms with Crippen molar-refractivity contribution in [2.24, 2.45) is 0 Å². The summed E-state index contributed by atoms with van der Waals surface area (Å²) >= 11 is 0. The van der Waals surface area contributed by atoms with Crippen LogP contribution in [0.25, 0.3) is 11.1 Å². The molecule has 2 N–H and O–H groups in total. The van der Waals surface area contributed by atoms with E-state index in [1.165, 1.54) is 12.8 Å². The van der Waals surface area contributed by atoms with Crippen LogP contribution in [0.15, 0.2) is 47.5 Å². The highest BCUT2D eigenvalue weighted by molar-refractivity contribution is 5.99. The van der Waals surface area contributed by atoms with Crippen LogP contribution in [0.4, 0.5) is 5.69 Å². The Morgan fingerprint density at radius 2 is 1.76 bits per heavy atom. The highest BCUT2D eigenvalue weighted by Crippen LogP contribution is 2.35. The van der Waals surface area contributed by atoms with Gasteiger partial charge in [0.05, 0.1) is 0 Å². The topological polar surface area (TPSA) is 81.3 Å². The summed E-state index contributed by atoms with van der Waals surface area (Å²) in [4.78, 5) is 38.1. The number of rotatable bonds is 8. The number of anilines is 1. The van der Waals surface area contributed by atoms with E-state index in [0.29, 0.717) is 23.2 Å². The summed E-state index contributed by atoms with van der Waals surface area (Å²) in [5.41, 5.74) is 6.73. The second kappa shape index (κ2) is 11.9. The average molecular weight is 516 g/mol. The van der Waals surface area contributed by atoms with Gasteiger partial charge in [0.15, 0.2) is 0 Å². The van der Waals surface area contributed by atoms with Crippen LogP contribution < -0.4 is 15.8 Å². The number of carbonyl (C=O) groups is 1. The molecule has 1 amide bonds. The van der Waals surface area contributed by atoms with Gasteiger partial charge in [0.1, 0.15) is 0 Å². The van der Waals surface area contributed by atoms with Crippen LogP contribution in [0.3, 0.4) is 0 Å². The predicted molar refractivity (Wildman–Crippen MR) is 155 cm³/mol. The molecule has 0 bridgehead atoms. The lowest BCUT2D eigenvalue weighted by molar-refractivity contribution is 0.0950. The van der Waals surface area contributed by atoms with Crippen molar-refractivity contribution >= 4 is 11.6 Å². The fourth-order valence-electron chi connectivity index (χ4n) is 5.81. The van der Waals surface area contributed by atoms with Crippen molar-refractivity contribution in [3.05, 3.63) is 81.0 Å². The maximum Gasteiger partial charge on any atom is 0.253 e. The molecule has 1 saturated carbocycles. The molecule has 0 spiro atoms. The lowest BCUT2D eigenvalue weighted by Crippen LogP contribution is -2.42. The molecular weight excluding hydrogens is 474 g/mol. The normalized spacial score (nSPS) is 17.4. The number of amides is 1. The van der Waals surface area contributed by atoms with Gasteiger partial charge < -0.3 is 20.1 Å². The van der Waals surface area contributed by atoms with Crippen molar-refractivity contribution in [3.63, 3.8) is 0 Å². The van der Waals surface area contributed by atoms with Gasteiger partial charge in [-0.15, -0.1) is 0 Å². The quantitative estimate of drug-likeness (QED) is 0.442. The van der Waals surface area contributed by atoms with Crippen LogP contribution in [0.2, 0.25) is 0 Å². The third-order valence-electron chi connectivity index (χ3n) is 8.03. The molecule has 0 radical (unpaired) electrons. The fourth-order valence-corrected chi connectivity index (χ4v) is 5.81. The van der Waals surface area contributed by atoms with E-state index in [2.05, 4.69) is 52.2 Å². The van der Waals surface area contributed by atoms with Gasteiger partial charge in [0.2, 0.25) is 0 Å². The molecule has 7 heteroatoms. The monoisotopic (exact) mass is 515 g/mol. The zero-order valence-corrected chi connectivity index (χ0v) is 23.6. The third-order valence-corrected chi connectivity index (χ3v) is 8.03. The van der Waals surface area contributed by atoms with Crippen molar-refractivity contribution < 1.29 is 4.79 Å². The minimum atomic E-state index is -0.179. The minimum absolute atomic E-state index is 0.158. The summed E-state index contributed by atoms with van der Waals surface area (Å²) < 4.78 is 0. The lowest BCUT2D eigenvalue weighted by atomic mass is 9.88. The Morgan fingerprint density at radius 1 is 1.05 bits per heavy atom. The van der Waals surface area contributed by atoms with Gasteiger partial charge in [-0.05, 0) is 108 Å². The Bertz CT molecular complexity index is 1320. The molecule has 2 heterocycles. The molecule has 1 aromatic carbocycles. The van der Waals surface area contributed by atoms with E-state index in [4.69, 9.17) is 0 Å². The first-order valence-corrected chi connectivity index (χ1v) is 13.6. The Hall–Kier alpha value is -3.45. The first kappa shape index (κ1) is 27.6. The maximum absolute atomic E-state index is 13.6. The molecule has 202 valence electrons. The van der Waals surface area contributed by atoms with E-state index < -0.39 is 0 Å². The molecule has 0 unspecified atom stereocenters. The highest BCUT2D eigenvalue weighted by Gasteiger charge is 2.28. The Balaban J connectivity index is 1.68. The van der Waals surface area contributed by atoms with Gasteiger partial charge in [-0.25, -0.2) is 0 Å². The molecule has 38 heavy (non-hydrogen) atoms. The number of benzene rings is 1. The molecule has 1 aliphatic rings. The van der Waals surface area contributed by atoms with Crippen LogP contribution in [0.5, 0.6) is 0 Å². The van der Waals surface area contributed by atoms with Gasteiger partial charge in [0.25, 0.3) is 11.5 Å². The summed E-state index contributed by atoms with van der Waals surface area (Å²) in [6.45, 7) is 9.04. The molecule has 1 aliphatic carbocycles. The van der Waals surface area contributed by atoms with Gasteiger partial charge in [-0.1, -0.05) is 6.07 Å². The highest BCUT2D eigenvalue weighted by atomic mass is 16.1. The first-order chi connectivity index (χ1) is 18.2. The summed E-state index contributed by atoms with van der Waals surface area (Å²) in [5, 5.41) is 3.02. The van der Waals surface area contributed by atoms with E-state index in [1.54, 1.807) is 6.20 Å². The molecule has 0 saturated heterocycles. The molecule has 2 aromatic heterocycles. The van der Waals surface area contributed by atoms with Crippen LogP contribution in [-0.4, -0.2) is 53.5 Å². The summed E-state index contributed by atoms with van der Waals surface area (Å²) in [7, 11) is 4.34. The number of aromatic amines is 1. The maximum atomic E-state index is 13.6. The number of aryl methyl sites for hydroxylation is 2. The van der Waals surface area contributed by atoms with Crippen LogP contribution in [0.1, 0.15) is 65.3 Å². The number of hydrogen-bond acceptors (Lipinski definition) is 5. The number of aromatic nitrogens is 2. The summed E-state index contributed by atoms with van der Waals surface area (Å²) in [6, 6.07) is 11.1. The van der Waals surface area contributed by atoms with Crippen LogP contribution >= 0.6 is 0 Å². The van der Waals surface area contributed by atoms with Crippen molar-refractivity contribution in [3.8, 4) is 11.1 Å².